The Morgan fingerprint density at radius 1 is 1.00 bits per heavy atom. The number of hydrogen-bond donors (Lipinski definition) is 1. The summed E-state index contributed by atoms with van der Waals surface area (Å²) < 4.78 is 8.51. The van der Waals surface area contributed by atoms with E-state index in [0.29, 0.717) is 5.92 Å². The Morgan fingerprint density at radius 3 is 2.53 bits per heavy atom. The molecule has 1 saturated carbocycles. The molecule has 2 aliphatic heterocycles. The molecule has 0 unspecified atom stereocenters. The highest BCUT2D eigenvalue weighted by Gasteiger charge is 2.39. The van der Waals surface area contributed by atoms with E-state index in [9.17, 15) is 4.79 Å². The zero-order valence-corrected chi connectivity index (χ0v) is 19.7. The third kappa shape index (κ3) is 4.00. The van der Waals surface area contributed by atoms with Gasteiger partial charge in [0.15, 0.2) is 5.75 Å². The molecule has 3 aliphatic rings. The van der Waals surface area contributed by atoms with Crippen molar-refractivity contribution in [3.05, 3.63) is 66.0 Å². The predicted molar refractivity (Wildman–Crippen MR) is 133 cm³/mol. The normalized spacial score (nSPS) is 20.7. The lowest BCUT2D eigenvalue weighted by Gasteiger charge is -2.36. The molecule has 1 aromatic heterocycles. The smallest absolute Gasteiger partial charge is 0.230 e. The fourth-order valence-corrected chi connectivity index (χ4v) is 5.39. The molecule has 2 fully saturated rings. The average molecular weight is 457 g/mol. The maximum Gasteiger partial charge on any atom is 0.230 e. The number of nitrogens with one attached hydrogen (secondary N) is 1. The maximum absolute atomic E-state index is 13.2. The van der Waals surface area contributed by atoms with Crippen molar-refractivity contribution in [3.8, 4) is 17.2 Å². The van der Waals surface area contributed by atoms with Crippen LogP contribution < -0.4 is 15.0 Å². The largest absolute Gasteiger partial charge is 0.455 e. The van der Waals surface area contributed by atoms with Crippen molar-refractivity contribution in [2.75, 3.05) is 18.0 Å². The lowest BCUT2D eigenvalue weighted by atomic mass is 9.92. The van der Waals surface area contributed by atoms with Gasteiger partial charge in [0.05, 0.1) is 11.9 Å². The molecule has 1 aliphatic carbocycles. The molecule has 0 bridgehead atoms. The Labute approximate surface area is 200 Å². The Kier molecular flexibility index (Phi) is 5.61. The average Bonchev–Trinajstić information content (AvgIpc) is 3.61. The van der Waals surface area contributed by atoms with Gasteiger partial charge in [0.1, 0.15) is 11.4 Å². The first-order valence-corrected chi connectivity index (χ1v) is 12.7. The van der Waals surface area contributed by atoms with Gasteiger partial charge >= 0.3 is 0 Å². The molecular formula is C28H32N4O2. The second-order valence-corrected chi connectivity index (χ2v) is 9.94. The van der Waals surface area contributed by atoms with E-state index in [1.807, 2.05) is 46.1 Å². The maximum atomic E-state index is 13.2. The molecule has 34 heavy (non-hydrogen) atoms. The van der Waals surface area contributed by atoms with Gasteiger partial charge in [0, 0.05) is 23.7 Å². The standard InChI is InChI=1S/C28H32N4O2/c1-19-7-10-24-25(32(19)28(33)21-8-9-21)11-12-26(27(24)34-23-5-3-2-4-6-23)31-18-22(17-30-31)20-13-15-29-16-14-20/h2-6,11-12,17-21,29H,7-10,13-16H2,1H3/t19-/m0/s1. The number of piperidine rings is 1. The molecule has 3 heterocycles. The predicted octanol–water partition coefficient (Wildman–Crippen LogP) is 5.21. The number of benzene rings is 2. The molecular weight excluding hydrogens is 424 g/mol. The lowest BCUT2D eigenvalue weighted by molar-refractivity contribution is -0.120. The first-order valence-electron chi connectivity index (χ1n) is 12.7. The number of carbonyl (C=O) groups excluding carboxylic acids is 1. The van der Waals surface area contributed by atoms with Crippen LogP contribution in [0.4, 0.5) is 5.69 Å². The van der Waals surface area contributed by atoms with Gasteiger partial charge < -0.3 is 15.0 Å². The van der Waals surface area contributed by atoms with E-state index in [1.165, 1.54) is 5.56 Å². The van der Waals surface area contributed by atoms with Crippen LogP contribution in [0.5, 0.6) is 11.5 Å². The fraction of sp³-hybridized carbons (Fsp3) is 0.429. The van der Waals surface area contributed by atoms with E-state index in [2.05, 4.69) is 30.6 Å². The first kappa shape index (κ1) is 21.4. The third-order valence-electron chi connectivity index (χ3n) is 7.51. The van der Waals surface area contributed by atoms with Crippen LogP contribution >= 0.6 is 0 Å². The number of anilines is 1. The highest BCUT2D eigenvalue weighted by atomic mass is 16.5. The van der Waals surface area contributed by atoms with Gasteiger partial charge in [0.2, 0.25) is 5.91 Å². The van der Waals surface area contributed by atoms with Gasteiger partial charge in [-0.15, -0.1) is 0 Å². The number of fused-ring (bicyclic) bond motifs is 1. The van der Waals surface area contributed by atoms with Crippen LogP contribution in [0.1, 0.15) is 56.1 Å². The minimum atomic E-state index is 0.185. The van der Waals surface area contributed by atoms with Crippen LogP contribution in [-0.2, 0) is 11.2 Å². The van der Waals surface area contributed by atoms with Crippen LogP contribution in [-0.4, -0.2) is 34.8 Å². The second-order valence-electron chi connectivity index (χ2n) is 9.94. The lowest BCUT2D eigenvalue weighted by Crippen LogP contribution is -2.43. The second kappa shape index (κ2) is 8.91. The van der Waals surface area contributed by atoms with Gasteiger partial charge in [-0.05, 0) is 94.3 Å². The zero-order valence-electron chi connectivity index (χ0n) is 19.7. The molecule has 1 amide bonds. The zero-order chi connectivity index (χ0) is 23.1. The summed E-state index contributed by atoms with van der Waals surface area (Å²) in [5, 5.41) is 8.20. The van der Waals surface area contributed by atoms with Crippen molar-refractivity contribution in [1.82, 2.24) is 15.1 Å². The minimum absolute atomic E-state index is 0.185. The monoisotopic (exact) mass is 456 g/mol. The molecule has 1 atom stereocenters. The molecule has 3 aromatic rings. The van der Waals surface area contributed by atoms with E-state index in [0.717, 1.165) is 80.1 Å². The number of amides is 1. The van der Waals surface area contributed by atoms with Crippen molar-refractivity contribution in [3.63, 3.8) is 0 Å². The summed E-state index contributed by atoms with van der Waals surface area (Å²) in [7, 11) is 0. The molecule has 6 rings (SSSR count). The van der Waals surface area contributed by atoms with Crippen LogP contribution in [0.3, 0.4) is 0 Å². The van der Waals surface area contributed by atoms with Crippen molar-refractivity contribution < 1.29 is 9.53 Å². The Hall–Kier alpha value is -3.12. The van der Waals surface area contributed by atoms with E-state index >= 15 is 0 Å². The fourth-order valence-electron chi connectivity index (χ4n) is 5.39. The van der Waals surface area contributed by atoms with Crippen molar-refractivity contribution in [2.45, 2.75) is 57.4 Å². The van der Waals surface area contributed by atoms with Crippen LogP contribution in [0, 0.1) is 5.92 Å². The molecule has 0 radical (unpaired) electrons. The number of aromatic nitrogens is 2. The Balaban J connectivity index is 1.43. The molecule has 2 aromatic carbocycles. The number of carbonyl (C=O) groups is 1. The number of rotatable bonds is 5. The van der Waals surface area contributed by atoms with Gasteiger partial charge in [-0.2, -0.15) is 5.10 Å². The van der Waals surface area contributed by atoms with Crippen LogP contribution in [0.15, 0.2) is 54.9 Å². The van der Waals surface area contributed by atoms with Crippen molar-refractivity contribution in [1.29, 1.82) is 0 Å². The summed E-state index contributed by atoms with van der Waals surface area (Å²) in [6.07, 6.45) is 10.3. The molecule has 1 saturated heterocycles. The Morgan fingerprint density at radius 2 is 1.76 bits per heavy atom. The number of ether oxygens (including phenoxy) is 1. The quantitative estimate of drug-likeness (QED) is 0.573. The minimum Gasteiger partial charge on any atom is -0.455 e. The molecule has 6 heteroatoms. The summed E-state index contributed by atoms with van der Waals surface area (Å²) in [5.41, 5.74) is 4.31. The molecule has 0 spiro atoms. The SMILES string of the molecule is C[C@H]1CCc2c(ccc(-n3cc(C4CCNCC4)cn3)c2Oc2ccccc2)N1C(=O)C1CC1. The van der Waals surface area contributed by atoms with E-state index in [-0.39, 0.29) is 17.9 Å². The van der Waals surface area contributed by atoms with E-state index in [4.69, 9.17) is 9.84 Å². The summed E-state index contributed by atoms with van der Waals surface area (Å²) in [4.78, 5) is 15.2. The molecule has 176 valence electrons. The van der Waals surface area contributed by atoms with E-state index in [1.54, 1.807) is 0 Å². The molecule has 6 nitrogen and oxygen atoms in total. The molecule has 1 N–H and O–H groups in total. The van der Waals surface area contributed by atoms with Crippen molar-refractivity contribution >= 4 is 11.6 Å². The topological polar surface area (TPSA) is 59.4 Å². The van der Waals surface area contributed by atoms with Gasteiger partial charge in [-0.1, -0.05) is 18.2 Å². The van der Waals surface area contributed by atoms with E-state index < -0.39 is 0 Å². The van der Waals surface area contributed by atoms with Crippen LogP contribution in [0.25, 0.3) is 5.69 Å². The summed E-state index contributed by atoms with van der Waals surface area (Å²) in [5.74, 6) is 2.59. The van der Waals surface area contributed by atoms with Crippen LogP contribution in [0.2, 0.25) is 0 Å². The van der Waals surface area contributed by atoms with Gasteiger partial charge in [-0.3, -0.25) is 4.79 Å². The van der Waals surface area contributed by atoms with Gasteiger partial charge in [0.25, 0.3) is 0 Å². The number of nitrogens with zero attached hydrogens (tertiary/aromatic N) is 3. The highest BCUT2D eigenvalue weighted by molar-refractivity contribution is 5.98. The van der Waals surface area contributed by atoms with Gasteiger partial charge in [-0.25, -0.2) is 4.68 Å². The Bertz CT molecular complexity index is 1180. The summed E-state index contributed by atoms with van der Waals surface area (Å²) >= 11 is 0. The number of hydrogen-bond acceptors (Lipinski definition) is 4. The summed E-state index contributed by atoms with van der Waals surface area (Å²) in [6, 6.07) is 14.3. The number of para-hydroxylation sites is 1. The van der Waals surface area contributed by atoms with Crippen molar-refractivity contribution in [2.24, 2.45) is 5.92 Å². The summed E-state index contributed by atoms with van der Waals surface area (Å²) in [6.45, 7) is 4.27. The highest BCUT2D eigenvalue weighted by Crippen LogP contribution is 2.44. The first-order chi connectivity index (χ1) is 16.7. The third-order valence-corrected chi connectivity index (χ3v) is 7.51.